The van der Waals surface area contributed by atoms with Crippen molar-refractivity contribution >= 4 is 22.9 Å². The van der Waals surface area contributed by atoms with E-state index in [9.17, 15) is 0 Å². The second kappa shape index (κ2) is 3.73. The Labute approximate surface area is 80.5 Å². The fourth-order valence-electron chi connectivity index (χ4n) is 1.09. The van der Waals surface area contributed by atoms with Gasteiger partial charge >= 0.3 is 0 Å². The average Bonchev–Trinajstić information content (AvgIpc) is 2.32. The van der Waals surface area contributed by atoms with Gasteiger partial charge in [-0.3, -0.25) is 0 Å². The number of ether oxygens (including phenoxy) is 1. The summed E-state index contributed by atoms with van der Waals surface area (Å²) in [7, 11) is 0. The van der Waals surface area contributed by atoms with Gasteiger partial charge in [-0.25, -0.2) is 4.98 Å². The highest BCUT2D eigenvalue weighted by Gasteiger charge is 2.17. The largest absolute Gasteiger partial charge is 0.372 e. The maximum atomic E-state index is 5.68. The summed E-state index contributed by atoms with van der Waals surface area (Å²) < 4.78 is 6.16. The lowest BCUT2D eigenvalue weighted by atomic mass is 9.96. The van der Waals surface area contributed by atoms with Crippen LogP contribution >= 0.6 is 22.9 Å². The Balaban J connectivity index is 1.79. The summed E-state index contributed by atoms with van der Waals surface area (Å²) in [5, 5.41) is 1.95. The van der Waals surface area contributed by atoms with Gasteiger partial charge in [0.05, 0.1) is 18.4 Å². The monoisotopic (exact) mass is 203 g/mol. The molecule has 0 atom stereocenters. The molecule has 1 aliphatic rings. The van der Waals surface area contributed by atoms with E-state index in [0.717, 1.165) is 5.69 Å². The fraction of sp³-hybridized carbons (Fsp3) is 0.625. The van der Waals surface area contributed by atoms with E-state index in [2.05, 4.69) is 4.98 Å². The molecule has 1 aromatic heterocycles. The summed E-state index contributed by atoms with van der Waals surface area (Å²) in [5.74, 6) is 0. The van der Waals surface area contributed by atoms with Gasteiger partial charge in [0.2, 0.25) is 0 Å². The molecule has 0 saturated heterocycles. The highest BCUT2D eigenvalue weighted by molar-refractivity contribution is 7.13. The van der Waals surface area contributed by atoms with Crippen LogP contribution < -0.4 is 0 Å². The summed E-state index contributed by atoms with van der Waals surface area (Å²) in [6.45, 7) is 0.619. The lowest BCUT2D eigenvalue weighted by Crippen LogP contribution is -2.21. The van der Waals surface area contributed by atoms with Crippen molar-refractivity contribution in [1.29, 1.82) is 0 Å². The van der Waals surface area contributed by atoms with Gasteiger partial charge in [0.1, 0.15) is 0 Å². The van der Waals surface area contributed by atoms with Crippen LogP contribution in [0.25, 0.3) is 0 Å². The Kier molecular flexibility index (Phi) is 2.63. The van der Waals surface area contributed by atoms with Crippen LogP contribution in [-0.4, -0.2) is 11.1 Å². The highest BCUT2D eigenvalue weighted by atomic mass is 35.5. The molecule has 12 heavy (non-hydrogen) atoms. The standard InChI is InChI=1S/C8H10ClNOS/c9-8-10-6(5-12-8)4-11-7-2-1-3-7/h5,7H,1-4H2. The van der Waals surface area contributed by atoms with Crippen LogP contribution in [0.1, 0.15) is 25.0 Å². The SMILES string of the molecule is Clc1nc(COC2CCC2)cs1. The van der Waals surface area contributed by atoms with Gasteiger partial charge in [-0.1, -0.05) is 11.6 Å². The molecule has 2 rings (SSSR count). The summed E-state index contributed by atoms with van der Waals surface area (Å²) in [5.41, 5.74) is 0.955. The zero-order chi connectivity index (χ0) is 8.39. The number of thiazole rings is 1. The number of aromatic nitrogens is 1. The van der Waals surface area contributed by atoms with Crippen LogP contribution in [0.3, 0.4) is 0 Å². The molecule has 1 aromatic rings. The fourth-order valence-corrected chi connectivity index (χ4v) is 1.86. The van der Waals surface area contributed by atoms with Gasteiger partial charge in [0, 0.05) is 5.38 Å². The molecule has 4 heteroatoms. The molecule has 0 aliphatic heterocycles. The van der Waals surface area contributed by atoms with Gasteiger partial charge in [-0.2, -0.15) is 0 Å². The van der Waals surface area contributed by atoms with E-state index in [1.165, 1.54) is 30.6 Å². The molecule has 1 heterocycles. The first-order valence-electron chi connectivity index (χ1n) is 4.06. The zero-order valence-corrected chi connectivity index (χ0v) is 8.20. The second-order valence-electron chi connectivity index (χ2n) is 2.96. The normalized spacial score (nSPS) is 17.8. The minimum absolute atomic E-state index is 0.477. The summed E-state index contributed by atoms with van der Waals surface area (Å²) in [6, 6.07) is 0. The van der Waals surface area contributed by atoms with Gasteiger partial charge in [-0.05, 0) is 19.3 Å². The molecule has 0 unspecified atom stereocenters. The summed E-state index contributed by atoms with van der Waals surface area (Å²) >= 11 is 7.13. The van der Waals surface area contributed by atoms with Gasteiger partial charge < -0.3 is 4.74 Å². The van der Waals surface area contributed by atoms with E-state index in [1.807, 2.05) is 5.38 Å². The molecule has 0 N–H and O–H groups in total. The molecule has 0 radical (unpaired) electrons. The molecule has 2 nitrogen and oxygen atoms in total. The molecular formula is C8H10ClNOS. The highest BCUT2D eigenvalue weighted by Crippen LogP contribution is 2.23. The van der Waals surface area contributed by atoms with E-state index >= 15 is 0 Å². The van der Waals surface area contributed by atoms with Crippen LogP contribution in [-0.2, 0) is 11.3 Å². The Bertz CT molecular complexity index is 259. The molecule has 1 saturated carbocycles. The Morgan fingerprint density at radius 3 is 3.00 bits per heavy atom. The van der Waals surface area contributed by atoms with E-state index < -0.39 is 0 Å². The van der Waals surface area contributed by atoms with E-state index in [4.69, 9.17) is 16.3 Å². The lowest BCUT2D eigenvalue weighted by molar-refractivity contribution is -0.00988. The third-order valence-corrected chi connectivity index (χ3v) is 3.07. The molecule has 0 spiro atoms. The van der Waals surface area contributed by atoms with E-state index in [0.29, 0.717) is 17.2 Å². The molecule has 66 valence electrons. The number of nitrogens with zero attached hydrogens (tertiary/aromatic N) is 1. The number of hydrogen-bond donors (Lipinski definition) is 0. The summed E-state index contributed by atoms with van der Waals surface area (Å²) in [4.78, 5) is 4.10. The molecule has 0 aromatic carbocycles. The number of hydrogen-bond acceptors (Lipinski definition) is 3. The predicted octanol–water partition coefficient (Wildman–Crippen LogP) is 2.87. The first-order chi connectivity index (χ1) is 5.84. The van der Waals surface area contributed by atoms with E-state index in [-0.39, 0.29) is 0 Å². The molecular weight excluding hydrogens is 194 g/mol. The first kappa shape index (κ1) is 8.48. The van der Waals surface area contributed by atoms with Crippen LogP contribution in [0.2, 0.25) is 4.47 Å². The first-order valence-corrected chi connectivity index (χ1v) is 5.32. The minimum Gasteiger partial charge on any atom is -0.372 e. The number of halogens is 1. The maximum absolute atomic E-state index is 5.68. The number of rotatable bonds is 3. The second-order valence-corrected chi connectivity index (χ2v) is 4.40. The Morgan fingerprint density at radius 1 is 1.67 bits per heavy atom. The molecule has 1 fully saturated rings. The van der Waals surface area contributed by atoms with Crippen molar-refractivity contribution in [2.24, 2.45) is 0 Å². The van der Waals surface area contributed by atoms with E-state index in [1.54, 1.807) is 0 Å². The molecule has 0 amide bonds. The third-order valence-electron chi connectivity index (χ3n) is 2.04. The third kappa shape index (κ3) is 1.97. The van der Waals surface area contributed by atoms with Crippen molar-refractivity contribution in [2.45, 2.75) is 32.0 Å². The van der Waals surface area contributed by atoms with Crippen molar-refractivity contribution in [3.8, 4) is 0 Å². The van der Waals surface area contributed by atoms with Crippen molar-refractivity contribution < 1.29 is 4.74 Å². The van der Waals surface area contributed by atoms with Crippen LogP contribution in [0.15, 0.2) is 5.38 Å². The van der Waals surface area contributed by atoms with Gasteiger partial charge in [-0.15, -0.1) is 11.3 Å². The van der Waals surface area contributed by atoms with Crippen LogP contribution in [0.4, 0.5) is 0 Å². The van der Waals surface area contributed by atoms with Crippen LogP contribution in [0, 0.1) is 0 Å². The van der Waals surface area contributed by atoms with Crippen molar-refractivity contribution in [1.82, 2.24) is 4.98 Å². The molecule has 1 aliphatic carbocycles. The van der Waals surface area contributed by atoms with Gasteiger partial charge in [0.15, 0.2) is 4.47 Å². The van der Waals surface area contributed by atoms with Gasteiger partial charge in [0.25, 0.3) is 0 Å². The minimum atomic E-state index is 0.477. The Morgan fingerprint density at radius 2 is 2.50 bits per heavy atom. The molecule has 0 bridgehead atoms. The van der Waals surface area contributed by atoms with Crippen molar-refractivity contribution in [3.63, 3.8) is 0 Å². The lowest BCUT2D eigenvalue weighted by Gasteiger charge is -2.24. The zero-order valence-electron chi connectivity index (χ0n) is 6.62. The quantitative estimate of drug-likeness (QED) is 0.754. The van der Waals surface area contributed by atoms with Crippen LogP contribution in [0.5, 0.6) is 0 Å². The smallest absolute Gasteiger partial charge is 0.183 e. The topological polar surface area (TPSA) is 22.1 Å². The predicted molar refractivity (Wildman–Crippen MR) is 49.6 cm³/mol. The Hall–Kier alpha value is -0.120. The average molecular weight is 204 g/mol. The summed E-state index contributed by atoms with van der Waals surface area (Å²) in [6.07, 6.45) is 4.20. The van der Waals surface area contributed by atoms with Crippen molar-refractivity contribution in [2.75, 3.05) is 0 Å². The van der Waals surface area contributed by atoms with Crippen molar-refractivity contribution in [3.05, 3.63) is 15.5 Å². The maximum Gasteiger partial charge on any atom is 0.183 e.